The fourth-order valence-corrected chi connectivity index (χ4v) is 0.364. The molecule has 3 N–H and O–H groups in total. The summed E-state index contributed by atoms with van der Waals surface area (Å²) in [7, 11) is 0. The van der Waals surface area contributed by atoms with E-state index in [1.165, 1.54) is 0 Å². The third kappa shape index (κ3) is 4.62. The van der Waals surface area contributed by atoms with Gasteiger partial charge in [0.1, 0.15) is 0 Å². The topological polar surface area (TPSA) is 54.8 Å². The van der Waals surface area contributed by atoms with Gasteiger partial charge >= 0.3 is 0 Å². The molecule has 0 aliphatic heterocycles. The first-order valence-corrected chi connectivity index (χ1v) is 2.62. The van der Waals surface area contributed by atoms with Crippen molar-refractivity contribution in [1.29, 1.82) is 0 Å². The van der Waals surface area contributed by atoms with Crippen molar-refractivity contribution in [3.8, 4) is 0 Å². The van der Waals surface area contributed by atoms with Crippen LogP contribution in [0.25, 0.3) is 4.95 Å². The predicted octanol–water partition coefficient (Wildman–Crippen LogP) is 0.133. The largest absolute Gasteiger partial charge is 0.365 e. The van der Waals surface area contributed by atoms with Crippen molar-refractivity contribution in [3.63, 3.8) is 0 Å². The van der Waals surface area contributed by atoms with E-state index in [0.29, 0.717) is 0 Å². The minimum atomic E-state index is 0.138. The zero-order valence-corrected chi connectivity index (χ0v) is 5.55. The van der Waals surface area contributed by atoms with Crippen LogP contribution in [0.2, 0.25) is 0 Å². The summed E-state index contributed by atoms with van der Waals surface area (Å²) < 4.78 is 0. The van der Waals surface area contributed by atoms with Crippen LogP contribution in [0.15, 0.2) is 4.99 Å². The summed E-state index contributed by atoms with van der Waals surface area (Å²) in [6.45, 7) is 10.1. The van der Waals surface area contributed by atoms with Crippen molar-refractivity contribution in [2.75, 3.05) is 0 Å². The Balaban J connectivity index is 3.72. The molecule has 0 heterocycles. The Morgan fingerprint density at radius 2 is 2.33 bits per heavy atom. The zero-order chi connectivity index (χ0) is 7.28. The van der Waals surface area contributed by atoms with Crippen molar-refractivity contribution >= 4 is 5.96 Å². The molecule has 0 aliphatic carbocycles. The number of nitrogens with two attached hydrogens (primary N) is 1. The standard InChI is InChI=1S/C5H10N4/c1-4(2)8-5(6)9-7-3/h4H,1-2H3,(H3,6,8,9). The molecule has 0 saturated heterocycles. The maximum atomic E-state index is 6.33. The van der Waals surface area contributed by atoms with E-state index in [-0.39, 0.29) is 12.0 Å². The molecule has 0 radical (unpaired) electrons. The molecular formula is C5H10N4. The Bertz CT molecular complexity index is 142. The monoisotopic (exact) mass is 126 g/mol. The molecule has 0 saturated carbocycles. The van der Waals surface area contributed by atoms with Gasteiger partial charge in [-0.1, -0.05) is 5.43 Å². The summed E-state index contributed by atoms with van der Waals surface area (Å²) in [6.07, 6.45) is 0. The highest BCUT2D eigenvalue weighted by Crippen LogP contribution is 1.82. The lowest BCUT2D eigenvalue weighted by Gasteiger charge is -1.94. The van der Waals surface area contributed by atoms with Gasteiger partial charge in [-0.15, -0.1) is 0 Å². The van der Waals surface area contributed by atoms with E-state index in [9.17, 15) is 0 Å². The van der Waals surface area contributed by atoms with Crippen molar-refractivity contribution in [1.82, 2.24) is 5.43 Å². The first-order chi connectivity index (χ1) is 4.16. The van der Waals surface area contributed by atoms with Gasteiger partial charge in [-0.2, -0.15) is 11.5 Å². The van der Waals surface area contributed by atoms with E-state index in [1.54, 1.807) is 0 Å². The minimum absolute atomic E-state index is 0.138. The second kappa shape index (κ2) is 3.72. The van der Waals surface area contributed by atoms with Crippen LogP contribution in [0.3, 0.4) is 0 Å². The van der Waals surface area contributed by atoms with Crippen molar-refractivity contribution in [2.24, 2.45) is 10.7 Å². The minimum Gasteiger partial charge on any atom is -0.365 e. The maximum absolute atomic E-state index is 6.33. The lowest BCUT2D eigenvalue weighted by Crippen LogP contribution is -2.26. The first-order valence-electron chi connectivity index (χ1n) is 2.62. The first kappa shape index (κ1) is 7.76. The molecule has 0 aromatic rings. The molecule has 4 nitrogen and oxygen atoms in total. The molecule has 0 fully saturated rings. The number of rotatable bonds is 1. The molecule has 0 aromatic heterocycles. The van der Waals surface area contributed by atoms with E-state index >= 15 is 0 Å². The quantitative estimate of drug-likeness (QED) is 0.227. The Labute approximate surface area is 54.6 Å². The fourth-order valence-electron chi connectivity index (χ4n) is 0.364. The van der Waals surface area contributed by atoms with Gasteiger partial charge in [0.2, 0.25) is 0 Å². The summed E-state index contributed by atoms with van der Waals surface area (Å²) in [6, 6.07) is 0.138. The lowest BCUT2D eigenvalue weighted by molar-refractivity contribution is 0.825. The normalized spacial score (nSPS) is 11.1. The number of hydrogen-bond donors (Lipinski definition) is 2. The smallest absolute Gasteiger partial charge is 0.259 e. The van der Waals surface area contributed by atoms with Gasteiger partial charge in [-0.05, 0) is 13.8 Å². The third-order valence-corrected chi connectivity index (χ3v) is 0.568. The van der Waals surface area contributed by atoms with Crippen LogP contribution < -0.4 is 11.2 Å². The van der Waals surface area contributed by atoms with E-state index in [2.05, 4.69) is 15.4 Å². The van der Waals surface area contributed by atoms with Gasteiger partial charge in [0.25, 0.3) is 5.96 Å². The number of nitrogens with zero attached hydrogens (tertiary/aromatic N) is 2. The molecule has 0 amide bonds. The van der Waals surface area contributed by atoms with Crippen LogP contribution in [0, 0.1) is 6.57 Å². The number of guanidine groups is 1. The van der Waals surface area contributed by atoms with E-state index in [1.807, 2.05) is 13.8 Å². The summed E-state index contributed by atoms with van der Waals surface area (Å²) >= 11 is 0. The van der Waals surface area contributed by atoms with E-state index < -0.39 is 0 Å². The predicted molar refractivity (Wildman–Crippen MR) is 36.5 cm³/mol. The molecule has 50 valence electrons. The highest BCUT2D eigenvalue weighted by Gasteiger charge is 1.92. The SMILES string of the molecule is [C-]#[N+]NC(N)=NC(C)C. The molecule has 0 unspecified atom stereocenters. The molecule has 0 bridgehead atoms. The Morgan fingerprint density at radius 3 is 2.67 bits per heavy atom. The highest BCUT2D eigenvalue weighted by atomic mass is 15.3. The number of hydrogen-bond acceptors (Lipinski definition) is 1. The molecule has 9 heavy (non-hydrogen) atoms. The summed E-state index contributed by atoms with van der Waals surface area (Å²) in [5, 5.41) is 0. The van der Waals surface area contributed by atoms with Gasteiger partial charge in [0.05, 0.1) is 0 Å². The van der Waals surface area contributed by atoms with Crippen LogP contribution in [-0.4, -0.2) is 12.0 Å². The summed E-state index contributed by atoms with van der Waals surface area (Å²) in [4.78, 5) is 6.67. The molecule has 0 aromatic carbocycles. The van der Waals surface area contributed by atoms with Crippen molar-refractivity contribution < 1.29 is 0 Å². The molecule has 0 aliphatic rings. The second-order valence-electron chi connectivity index (χ2n) is 1.83. The van der Waals surface area contributed by atoms with E-state index in [4.69, 9.17) is 12.3 Å². The van der Waals surface area contributed by atoms with Crippen LogP contribution >= 0.6 is 0 Å². The molecule has 0 rings (SSSR count). The number of nitrogens with one attached hydrogen (secondary N) is 1. The Kier molecular flexibility index (Phi) is 3.21. The van der Waals surface area contributed by atoms with Crippen LogP contribution in [-0.2, 0) is 0 Å². The third-order valence-electron chi connectivity index (χ3n) is 0.568. The lowest BCUT2D eigenvalue weighted by atomic mass is 10.4. The molecule has 4 heteroatoms. The molecular weight excluding hydrogens is 116 g/mol. The van der Waals surface area contributed by atoms with Crippen molar-refractivity contribution in [3.05, 3.63) is 11.5 Å². The molecule has 0 atom stereocenters. The molecule has 0 spiro atoms. The van der Waals surface area contributed by atoms with E-state index in [0.717, 1.165) is 0 Å². The van der Waals surface area contributed by atoms with Crippen molar-refractivity contribution in [2.45, 2.75) is 19.9 Å². The van der Waals surface area contributed by atoms with Gasteiger partial charge in [0, 0.05) is 6.04 Å². The van der Waals surface area contributed by atoms with Gasteiger partial charge < -0.3 is 5.73 Å². The Morgan fingerprint density at radius 1 is 1.78 bits per heavy atom. The van der Waals surface area contributed by atoms with Crippen LogP contribution in [0.4, 0.5) is 0 Å². The van der Waals surface area contributed by atoms with Gasteiger partial charge in [-0.3, -0.25) is 0 Å². The second-order valence-corrected chi connectivity index (χ2v) is 1.83. The average Bonchev–Trinajstić information content (AvgIpc) is 1.63. The van der Waals surface area contributed by atoms with Gasteiger partial charge in [-0.25, -0.2) is 4.99 Å². The maximum Gasteiger partial charge on any atom is 0.259 e. The zero-order valence-electron chi connectivity index (χ0n) is 5.55. The Hall–Kier alpha value is -1.24. The highest BCUT2D eigenvalue weighted by molar-refractivity contribution is 5.78. The van der Waals surface area contributed by atoms with Crippen LogP contribution in [0.5, 0.6) is 0 Å². The average molecular weight is 126 g/mol. The van der Waals surface area contributed by atoms with Gasteiger partial charge in [0.15, 0.2) is 0 Å². The fraction of sp³-hybridized carbons (Fsp3) is 0.600. The summed E-state index contributed by atoms with van der Waals surface area (Å²) in [5.41, 5.74) is 7.41. The van der Waals surface area contributed by atoms with Crippen LogP contribution in [0.1, 0.15) is 13.8 Å². The summed E-state index contributed by atoms with van der Waals surface area (Å²) in [5.74, 6) is 0.181. The number of aliphatic imine (C=N–C) groups is 1.